The first-order chi connectivity index (χ1) is 7.79. The highest BCUT2D eigenvalue weighted by Crippen LogP contribution is 2.29. The van der Waals surface area contributed by atoms with Crippen molar-refractivity contribution in [3.8, 4) is 0 Å². The zero-order chi connectivity index (χ0) is 11.4. The highest BCUT2D eigenvalue weighted by molar-refractivity contribution is 5.77. The molecule has 0 spiro atoms. The molecular formula is C11H18N4O. The molecule has 1 saturated carbocycles. The number of nitrogens with zero attached hydrogens (tertiary/aromatic N) is 4. The number of carbonyl (C=O) groups excluding carboxylic acids is 1. The lowest BCUT2D eigenvalue weighted by molar-refractivity contribution is -0.135. The molecule has 5 heteroatoms. The number of carbonyl (C=O) groups is 1. The predicted molar refractivity (Wildman–Crippen MR) is 60.7 cm³/mol. The fourth-order valence-corrected chi connectivity index (χ4v) is 2.59. The highest BCUT2D eigenvalue weighted by atomic mass is 16.2. The molecule has 16 heavy (non-hydrogen) atoms. The minimum Gasteiger partial charge on any atom is -0.342 e. The quantitative estimate of drug-likeness (QED) is 0.409. The Kier molecular flexibility index (Phi) is 3.67. The first-order valence-corrected chi connectivity index (χ1v) is 6.11. The molecule has 2 aliphatic rings. The summed E-state index contributed by atoms with van der Waals surface area (Å²) in [7, 11) is 0. The van der Waals surface area contributed by atoms with E-state index < -0.39 is 0 Å². The summed E-state index contributed by atoms with van der Waals surface area (Å²) >= 11 is 0. The number of hydrogen-bond donors (Lipinski definition) is 0. The summed E-state index contributed by atoms with van der Waals surface area (Å²) in [5.74, 6) is 1.01. The Bertz CT molecular complexity index is 299. The van der Waals surface area contributed by atoms with Gasteiger partial charge in [-0.2, -0.15) is 0 Å². The van der Waals surface area contributed by atoms with Gasteiger partial charge in [-0.3, -0.25) is 4.79 Å². The summed E-state index contributed by atoms with van der Waals surface area (Å²) in [5, 5.41) is 3.59. The monoisotopic (exact) mass is 222 g/mol. The molecule has 1 aliphatic heterocycles. The molecule has 0 atom stereocenters. The van der Waals surface area contributed by atoms with Crippen molar-refractivity contribution in [1.29, 1.82) is 0 Å². The zero-order valence-electron chi connectivity index (χ0n) is 9.51. The highest BCUT2D eigenvalue weighted by Gasteiger charge is 2.29. The second kappa shape index (κ2) is 5.21. The third kappa shape index (κ3) is 2.67. The van der Waals surface area contributed by atoms with Crippen LogP contribution in [0.2, 0.25) is 0 Å². The fraction of sp³-hybridized carbons (Fsp3) is 0.909. The maximum absolute atomic E-state index is 11.7. The molecule has 0 N–H and O–H groups in total. The maximum atomic E-state index is 11.7. The first kappa shape index (κ1) is 11.3. The van der Waals surface area contributed by atoms with Gasteiger partial charge in [0.05, 0.1) is 6.04 Å². The van der Waals surface area contributed by atoms with E-state index in [4.69, 9.17) is 5.53 Å². The van der Waals surface area contributed by atoms with Crippen LogP contribution in [0, 0.1) is 5.92 Å². The number of azide groups is 1. The van der Waals surface area contributed by atoms with Gasteiger partial charge in [-0.25, -0.2) is 0 Å². The molecule has 88 valence electrons. The molecule has 0 aromatic heterocycles. The van der Waals surface area contributed by atoms with Crippen LogP contribution in [-0.4, -0.2) is 29.9 Å². The zero-order valence-corrected chi connectivity index (χ0v) is 9.51. The number of rotatable bonds is 4. The Morgan fingerprint density at radius 3 is 2.69 bits per heavy atom. The van der Waals surface area contributed by atoms with Crippen molar-refractivity contribution in [2.24, 2.45) is 11.0 Å². The smallest absolute Gasteiger partial charge is 0.222 e. The SMILES string of the molecule is [N-]=[N+]=NC1CN(C(=O)CCC2CCCC2)C1. The molecule has 2 fully saturated rings. The summed E-state index contributed by atoms with van der Waals surface area (Å²) in [5.41, 5.74) is 8.23. The lowest BCUT2D eigenvalue weighted by Gasteiger charge is -2.36. The van der Waals surface area contributed by atoms with Gasteiger partial charge in [-0.15, -0.1) is 0 Å². The van der Waals surface area contributed by atoms with Crippen molar-refractivity contribution < 1.29 is 4.79 Å². The minimum atomic E-state index is 0.0143. The largest absolute Gasteiger partial charge is 0.342 e. The Balaban J connectivity index is 1.63. The Hall–Kier alpha value is -1.22. The average Bonchev–Trinajstić information content (AvgIpc) is 2.72. The van der Waals surface area contributed by atoms with Gasteiger partial charge >= 0.3 is 0 Å². The summed E-state index contributed by atoms with van der Waals surface area (Å²) < 4.78 is 0. The van der Waals surface area contributed by atoms with E-state index in [2.05, 4.69) is 10.0 Å². The number of hydrogen-bond acceptors (Lipinski definition) is 2. The van der Waals surface area contributed by atoms with Crippen LogP contribution in [-0.2, 0) is 4.79 Å². The summed E-state index contributed by atoms with van der Waals surface area (Å²) in [6.07, 6.45) is 6.99. The number of amides is 1. The molecule has 0 aromatic rings. The van der Waals surface area contributed by atoms with Crippen molar-refractivity contribution in [1.82, 2.24) is 4.90 Å². The molecule has 0 radical (unpaired) electrons. The molecule has 1 heterocycles. The Morgan fingerprint density at radius 2 is 2.06 bits per heavy atom. The molecule has 0 unspecified atom stereocenters. The molecule has 0 bridgehead atoms. The molecule has 5 nitrogen and oxygen atoms in total. The Labute approximate surface area is 95.4 Å². The van der Waals surface area contributed by atoms with Crippen molar-refractivity contribution >= 4 is 5.91 Å². The normalized spacial score (nSPS) is 21.6. The van der Waals surface area contributed by atoms with Gasteiger partial charge in [0.1, 0.15) is 0 Å². The van der Waals surface area contributed by atoms with Crippen LogP contribution in [0.25, 0.3) is 10.4 Å². The second-order valence-electron chi connectivity index (χ2n) is 4.85. The summed E-state index contributed by atoms with van der Waals surface area (Å²) in [6.45, 7) is 1.24. The standard InChI is InChI=1S/C11H18N4O/c12-14-13-10-7-15(8-10)11(16)6-5-9-3-1-2-4-9/h9-10H,1-8H2. The van der Waals surface area contributed by atoms with Crippen LogP contribution >= 0.6 is 0 Å². The molecular weight excluding hydrogens is 204 g/mol. The van der Waals surface area contributed by atoms with Crippen LogP contribution in [0.1, 0.15) is 38.5 Å². The first-order valence-electron chi connectivity index (χ1n) is 6.11. The molecule has 0 aromatic carbocycles. The van der Waals surface area contributed by atoms with Crippen LogP contribution < -0.4 is 0 Å². The van der Waals surface area contributed by atoms with Crippen molar-refractivity contribution in [2.45, 2.75) is 44.6 Å². The second-order valence-corrected chi connectivity index (χ2v) is 4.85. The Morgan fingerprint density at radius 1 is 1.38 bits per heavy atom. The van der Waals surface area contributed by atoms with E-state index in [1.807, 2.05) is 0 Å². The van der Waals surface area contributed by atoms with E-state index in [-0.39, 0.29) is 11.9 Å². The van der Waals surface area contributed by atoms with Crippen LogP contribution in [0.15, 0.2) is 5.11 Å². The predicted octanol–water partition coefficient (Wildman–Crippen LogP) is 2.48. The fourth-order valence-electron chi connectivity index (χ4n) is 2.59. The van der Waals surface area contributed by atoms with Crippen LogP contribution in [0.5, 0.6) is 0 Å². The van der Waals surface area contributed by atoms with Gasteiger partial charge in [0.2, 0.25) is 5.91 Å². The van der Waals surface area contributed by atoms with Gasteiger partial charge in [0.15, 0.2) is 0 Å². The van der Waals surface area contributed by atoms with Crippen LogP contribution in [0.4, 0.5) is 0 Å². The third-order valence-electron chi connectivity index (χ3n) is 3.67. The topological polar surface area (TPSA) is 69.1 Å². The van der Waals surface area contributed by atoms with E-state index >= 15 is 0 Å². The van der Waals surface area contributed by atoms with Crippen molar-refractivity contribution in [2.75, 3.05) is 13.1 Å². The molecule has 2 rings (SSSR count). The van der Waals surface area contributed by atoms with Crippen molar-refractivity contribution in [3.05, 3.63) is 10.4 Å². The molecule has 1 amide bonds. The van der Waals surface area contributed by atoms with E-state index in [1.54, 1.807) is 4.90 Å². The number of likely N-dealkylation sites (tertiary alicyclic amines) is 1. The van der Waals surface area contributed by atoms with Gasteiger partial charge in [-0.1, -0.05) is 30.8 Å². The molecule has 1 aliphatic carbocycles. The van der Waals surface area contributed by atoms with E-state index in [9.17, 15) is 4.79 Å². The van der Waals surface area contributed by atoms with Crippen molar-refractivity contribution in [3.63, 3.8) is 0 Å². The molecule has 1 saturated heterocycles. The van der Waals surface area contributed by atoms with E-state index in [0.29, 0.717) is 19.5 Å². The van der Waals surface area contributed by atoms with E-state index in [1.165, 1.54) is 25.7 Å². The van der Waals surface area contributed by atoms with Gasteiger partial charge < -0.3 is 4.90 Å². The van der Waals surface area contributed by atoms with Gasteiger partial charge in [0, 0.05) is 24.4 Å². The van der Waals surface area contributed by atoms with Gasteiger partial charge in [-0.05, 0) is 17.9 Å². The lowest BCUT2D eigenvalue weighted by atomic mass is 10.0. The van der Waals surface area contributed by atoms with Crippen LogP contribution in [0.3, 0.4) is 0 Å². The van der Waals surface area contributed by atoms with E-state index in [0.717, 1.165) is 12.3 Å². The summed E-state index contributed by atoms with van der Waals surface area (Å²) in [6, 6.07) is 0.0143. The lowest BCUT2D eigenvalue weighted by Crippen LogP contribution is -2.52. The average molecular weight is 222 g/mol. The summed E-state index contributed by atoms with van der Waals surface area (Å²) in [4.78, 5) is 16.3. The maximum Gasteiger partial charge on any atom is 0.222 e. The minimum absolute atomic E-state index is 0.0143. The third-order valence-corrected chi connectivity index (χ3v) is 3.67. The van der Waals surface area contributed by atoms with Gasteiger partial charge in [0.25, 0.3) is 0 Å².